The van der Waals surface area contributed by atoms with E-state index in [2.05, 4.69) is 16.6 Å². The summed E-state index contributed by atoms with van der Waals surface area (Å²) in [5.41, 5.74) is 0. The molecule has 4 heteroatoms. The topological polar surface area (TPSA) is 58.2 Å². The average Bonchev–Trinajstić information content (AvgIpc) is 2.09. The number of nitrogens with one attached hydrogen (secondary N) is 2. The lowest BCUT2D eigenvalue weighted by Crippen LogP contribution is -2.36. The number of carbonyl (C=O) groups excluding carboxylic acids is 2. The second kappa shape index (κ2) is 7.17. The number of unbranched alkanes of at least 4 members (excludes halogenated alkanes) is 1. The molecule has 0 saturated heterocycles. The highest BCUT2D eigenvalue weighted by Gasteiger charge is 1.99. The van der Waals surface area contributed by atoms with Crippen molar-refractivity contribution in [1.29, 1.82) is 0 Å². The monoisotopic (exact) mass is 182 g/mol. The smallest absolute Gasteiger partial charge is 0.239 e. The van der Waals surface area contributed by atoms with Gasteiger partial charge in [0, 0.05) is 19.9 Å². The van der Waals surface area contributed by atoms with Crippen LogP contribution in [0.3, 0.4) is 0 Å². The molecule has 0 aromatic rings. The van der Waals surface area contributed by atoms with Gasteiger partial charge in [-0.2, -0.15) is 0 Å². The Balaban J connectivity index is 3.31. The Bertz CT molecular complexity index is 218. The molecule has 0 aliphatic carbocycles. The van der Waals surface area contributed by atoms with Crippen molar-refractivity contribution in [3.05, 3.63) is 0 Å². The molecular formula is C9H14N2O2. The predicted octanol–water partition coefficient (Wildman–Crippen LogP) is -0.348. The van der Waals surface area contributed by atoms with Crippen LogP contribution in [0.25, 0.3) is 0 Å². The fourth-order valence-electron chi connectivity index (χ4n) is 0.686. The average molecular weight is 182 g/mol. The first-order valence-electron chi connectivity index (χ1n) is 4.11. The Morgan fingerprint density at radius 2 is 2.08 bits per heavy atom. The van der Waals surface area contributed by atoms with E-state index in [9.17, 15) is 9.59 Å². The van der Waals surface area contributed by atoms with Crippen molar-refractivity contribution in [3.8, 4) is 12.3 Å². The zero-order valence-electron chi connectivity index (χ0n) is 7.72. The molecule has 0 aromatic heterocycles. The van der Waals surface area contributed by atoms with E-state index in [4.69, 9.17) is 6.42 Å². The third kappa shape index (κ3) is 8.41. The van der Waals surface area contributed by atoms with Gasteiger partial charge in [0.1, 0.15) is 0 Å². The van der Waals surface area contributed by atoms with Gasteiger partial charge in [-0.3, -0.25) is 9.59 Å². The summed E-state index contributed by atoms with van der Waals surface area (Å²) in [7, 11) is 0. The van der Waals surface area contributed by atoms with Crippen LogP contribution in [0.4, 0.5) is 0 Å². The molecule has 2 N–H and O–H groups in total. The zero-order valence-corrected chi connectivity index (χ0v) is 7.72. The minimum atomic E-state index is -0.209. The number of hydrogen-bond donors (Lipinski definition) is 2. The fourth-order valence-corrected chi connectivity index (χ4v) is 0.686. The van der Waals surface area contributed by atoms with Crippen molar-refractivity contribution in [2.75, 3.05) is 13.1 Å². The molecule has 72 valence electrons. The Morgan fingerprint density at radius 1 is 1.38 bits per heavy atom. The second-order valence-electron chi connectivity index (χ2n) is 2.57. The van der Waals surface area contributed by atoms with Crippen molar-refractivity contribution in [2.45, 2.75) is 19.8 Å². The third-order valence-corrected chi connectivity index (χ3v) is 1.32. The van der Waals surface area contributed by atoms with E-state index in [1.165, 1.54) is 6.92 Å². The van der Waals surface area contributed by atoms with Crippen molar-refractivity contribution in [3.63, 3.8) is 0 Å². The van der Waals surface area contributed by atoms with Crippen LogP contribution in [0.2, 0.25) is 0 Å². The minimum absolute atomic E-state index is 0.0331. The van der Waals surface area contributed by atoms with E-state index in [0.29, 0.717) is 13.0 Å². The molecule has 0 fully saturated rings. The van der Waals surface area contributed by atoms with E-state index in [0.717, 1.165) is 6.42 Å². The molecular weight excluding hydrogens is 168 g/mol. The summed E-state index contributed by atoms with van der Waals surface area (Å²) in [6.07, 6.45) is 6.44. The zero-order chi connectivity index (χ0) is 10.1. The first-order valence-corrected chi connectivity index (χ1v) is 4.11. The van der Waals surface area contributed by atoms with Gasteiger partial charge < -0.3 is 10.6 Å². The van der Waals surface area contributed by atoms with E-state index in [1.807, 2.05) is 0 Å². The number of terminal acetylenes is 1. The highest BCUT2D eigenvalue weighted by molar-refractivity contribution is 5.83. The lowest BCUT2D eigenvalue weighted by Gasteiger charge is -2.03. The van der Waals surface area contributed by atoms with Crippen LogP contribution >= 0.6 is 0 Å². The molecule has 0 aliphatic heterocycles. The molecule has 0 radical (unpaired) electrons. The van der Waals surface area contributed by atoms with Crippen molar-refractivity contribution in [2.24, 2.45) is 0 Å². The summed E-state index contributed by atoms with van der Waals surface area (Å²) in [5, 5.41) is 5.02. The van der Waals surface area contributed by atoms with Gasteiger partial charge in [-0.05, 0) is 6.42 Å². The Kier molecular flexibility index (Phi) is 6.34. The molecule has 0 spiro atoms. The molecule has 0 heterocycles. The lowest BCUT2D eigenvalue weighted by atomic mass is 10.3. The molecule has 0 unspecified atom stereocenters. The maximum atomic E-state index is 10.9. The summed E-state index contributed by atoms with van der Waals surface area (Å²) in [6.45, 7) is 1.96. The van der Waals surface area contributed by atoms with Gasteiger partial charge in [0.2, 0.25) is 11.8 Å². The first-order chi connectivity index (χ1) is 6.16. The number of amides is 2. The van der Waals surface area contributed by atoms with E-state index >= 15 is 0 Å². The molecule has 4 nitrogen and oxygen atoms in total. The SMILES string of the molecule is C#CCCCNC(=O)CNC(C)=O. The standard InChI is InChI=1S/C9H14N2O2/c1-3-4-5-6-10-9(13)7-11-8(2)12/h1H,4-7H2,2H3,(H,10,13)(H,11,12). The highest BCUT2D eigenvalue weighted by Crippen LogP contribution is 1.81. The quantitative estimate of drug-likeness (QED) is 0.451. The third-order valence-electron chi connectivity index (χ3n) is 1.32. The number of hydrogen-bond acceptors (Lipinski definition) is 2. The highest BCUT2D eigenvalue weighted by atomic mass is 16.2. The normalized spacial score (nSPS) is 8.62. The summed E-state index contributed by atoms with van der Waals surface area (Å²) in [4.78, 5) is 21.3. The maximum Gasteiger partial charge on any atom is 0.239 e. The van der Waals surface area contributed by atoms with Gasteiger partial charge >= 0.3 is 0 Å². The predicted molar refractivity (Wildman–Crippen MR) is 49.8 cm³/mol. The van der Waals surface area contributed by atoms with Crippen molar-refractivity contribution < 1.29 is 9.59 Å². The van der Waals surface area contributed by atoms with E-state index in [-0.39, 0.29) is 18.4 Å². The summed E-state index contributed by atoms with van der Waals surface area (Å²) < 4.78 is 0. The number of rotatable bonds is 5. The van der Waals surface area contributed by atoms with Crippen LogP contribution in [0.15, 0.2) is 0 Å². The van der Waals surface area contributed by atoms with Crippen LogP contribution in [0, 0.1) is 12.3 Å². The summed E-state index contributed by atoms with van der Waals surface area (Å²) in [5.74, 6) is 2.07. The Hall–Kier alpha value is -1.50. The van der Waals surface area contributed by atoms with Gasteiger partial charge in [-0.25, -0.2) is 0 Å². The molecule has 0 bridgehead atoms. The van der Waals surface area contributed by atoms with Gasteiger partial charge in [0.15, 0.2) is 0 Å². The van der Waals surface area contributed by atoms with E-state index in [1.54, 1.807) is 0 Å². The Labute approximate surface area is 78.1 Å². The molecule has 13 heavy (non-hydrogen) atoms. The van der Waals surface area contributed by atoms with Crippen LogP contribution < -0.4 is 10.6 Å². The van der Waals surface area contributed by atoms with Crippen molar-refractivity contribution in [1.82, 2.24) is 10.6 Å². The minimum Gasteiger partial charge on any atom is -0.355 e. The van der Waals surface area contributed by atoms with Gasteiger partial charge in [-0.1, -0.05) is 0 Å². The van der Waals surface area contributed by atoms with Crippen molar-refractivity contribution >= 4 is 11.8 Å². The molecule has 0 atom stereocenters. The maximum absolute atomic E-state index is 10.9. The van der Waals surface area contributed by atoms with Crippen LogP contribution in [0.1, 0.15) is 19.8 Å². The molecule has 0 rings (SSSR count). The fraction of sp³-hybridized carbons (Fsp3) is 0.556. The van der Waals surface area contributed by atoms with Crippen LogP contribution in [-0.2, 0) is 9.59 Å². The summed E-state index contributed by atoms with van der Waals surface area (Å²) in [6, 6.07) is 0. The molecule has 2 amide bonds. The van der Waals surface area contributed by atoms with Crippen LogP contribution in [0.5, 0.6) is 0 Å². The Morgan fingerprint density at radius 3 is 2.62 bits per heavy atom. The van der Waals surface area contributed by atoms with E-state index < -0.39 is 0 Å². The van der Waals surface area contributed by atoms with Gasteiger partial charge in [-0.15, -0.1) is 12.3 Å². The molecule has 0 saturated carbocycles. The first kappa shape index (κ1) is 11.5. The van der Waals surface area contributed by atoms with Gasteiger partial charge in [0.25, 0.3) is 0 Å². The molecule has 0 aromatic carbocycles. The lowest BCUT2D eigenvalue weighted by molar-refractivity contribution is -0.125. The second-order valence-corrected chi connectivity index (χ2v) is 2.57. The number of carbonyl (C=O) groups is 2. The summed E-state index contributed by atoms with van der Waals surface area (Å²) >= 11 is 0. The van der Waals surface area contributed by atoms with Gasteiger partial charge in [0.05, 0.1) is 6.54 Å². The molecule has 0 aliphatic rings. The largest absolute Gasteiger partial charge is 0.355 e. The van der Waals surface area contributed by atoms with Crippen LogP contribution in [-0.4, -0.2) is 24.9 Å².